The molecule has 1 aromatic carbocycles. The summed E-state index contributed by atoms with van der Waals surface area (Å²) in [5, 5.41) is 3.73. The van der Waals surface area contributed by atoms with Crippen LogP contribution in [0.15, 0.2) is 29.4 Å². The summed E-state index contributed by atoms with van der Waals surface area (Å²) in [6.07, 6.45) is 2.73. The molecule has 0 N–H and O–H groups in total. The number of oxime groups is 1. The van der Waals surface area contributed by atoms with Crippen molar-refractivity contribution in [2.45, 2.75) is 12.5 Å². The van der Waals surface area contributed by atoms with Gasteiger partial charge < -0.3 is 9.57 Å². The Kier molecular flexibility index (Phi) is 2.17. The van der Waals surface area contributed by atoms with Gasteiger partial charge in [0.15, 0.2) is 6.10 Å². The predicted octanol–water partition coefficient (Wildman–Crippen LogP) is 2.14. The normalized spacial score (nSPS) is 19.9. The first kappa shape index (κ1) is 8.10. The van der Waals surface area contributed by atoms with Crippen molar-refractivity contribution in [3.63, 3.8) is 0 Å². The van der Waals surface area contributed by atoms with E-state index in [9.17, 15) is 0 Å². The number of ether oxygens (including phenoxy) is 1. The number of methoxy groups -OCH3 is 1. The van der Waals surface area contributed by atoms with Crippen LogP contribution in [0.25, 0.3) is 0 Å². The Morgan fingerprint density at radius 1 is 1.38 bits per heavy atom. The molecule has 68 valence electrons. The van der Waals surface area contributed by atoms with Gasteiger partial charge in [0.2, 0.25) is 0 Å². The molecule has 1 heterocycles. The van der Waals surface area contributed by atoms with Crippen LogP contribution in [-0.2, 0) is 4.84 Å². The maximum Gasteiger partial charge on any atom is 0.157 e. The Morgan fingerprint density at radius 2 is 2.15 bits per heavy atom. The largest absolute Gasteiger partial charge is 0.497 e. The maximum absolute atomic E-state index is 5.14. The Morgan fingerprint density at radius 3 is 2.69 bits per heavy atom. The lowest BCUT2D eigenvalue weighted by atomic mass is 10.1. The quantitative estimate of drug-likeness (QED) is 0.693. The summed E-state index contributed by atoms with van der Waals surface area (Å²) in [7, 11) is 1.66. The van der Waals surface area contributed by atoms with Gasteiger partial charge in [-0.25, -0.2) is 0 Å². The molecule has 0 unspecified atom stereocenters. The van der Waals surface area contributed by atoms with Crippen LogP contribution in [0.3, 0.4) is 0 Å². The third-order valence-corrected chi connectivity index (χ3v) is 2.07. The van der Waals surface area contributed by atoms with Gasteiger partial charge in [-0.05, 0) is 17.7 Å². The van der Waals surface area contributed by atoms with E-state index in [1.165, 1.54) is 0 Å². The van der Waals surface area contributed by atoms with E-state index in [2.05, 4.69) is 5.16 Å². The van der Waals surface area contributed by atoms with Gasteiger partial charge in [0.25, 0.3) is 0 Å². The van der Waals surface area contributed by atoms with E-state index in [0.717, 1.165) is 17.7 Å². The smallest absolute Gasteiger partial charge is 0.157 e. The molecule has 0 fully saturated rings. The molecule has 0 amide bonds. The predicted molar refractivity (Wildman–Crippen MR) is 49.9 cm³/mol. The molecule has 1 atom stereocenters. The molecule has 1 aromatic rings. The van der Waals surface area contributed by atoms with Crippen molar-refractivity contribution >= 4 is 6.21 Å². The Labute approximate surface area is 77.0 Å². The molecule has 1 aliphatic heterocycles. The van der Waals surface area contributed by atoms with Gasteiger partial charge in [0.05, 0.1) is 7.11 Å². The highest BCUT2D eigenvalue weighted by Gasteiger charge is 2.15. The third kappa shape index (κ3) is 1.64. The highest BCUT2D eigenvalue weighted by Crippen LogP contribution is 2.25. The molecule has 0 radical (unpaired) electrons. The number of hydrogen-bond acceptors (Lipinski definition) is 3. The molecule has 0 aromatic heterocycles. The van der Waals surface area contributed by atoms with Crippen LogP contribution in [0.5, 0.6) is 5.75 Å². The van der Waals surface area contributed by atoms with Crippen molar-refractivity contribution in [2.75, 3.05) is 7.11 Å². The fraction of sp³-hybridized carbons (Fsp3) is 0.300. The van der Waals surface area contributed by atoms with Gasteiger partial charge in [0, 0.05) is 12.6 Å². The van der Waals surface area contributed by atoms with Gasteiger partial charge in [0.1, 0.15) is 5.75 Å². The summed E-state index contributed by atoms with van der Waals surface area (Å²) >= 11 is 0. The minimum Gasteiger partial charge on any atom is -0.497 e. The highest BCUT2D eigenvalue weighted by molar-refractivity contribution is 5.59. The minimum atomic E-state index is 0.0888. The summed E-state index contributed by atoms with van der Waals surface area (Å²) in [5.74, 6) is 0.864. The lowest BCUT2D eigenvalue weighted by Gasteiger charge is -2.08. The van der Waals surface area contributed by atoms with Crippen molar-refractivity contribution in [1.29, 1.82) is 0 Å². The number of benzene rings is 1. The van der Waals surface area contributed by atoms with Gasteiger partial charge in [-0.1, -0.05) is 17.3 Å². The summed E-state index contributed by atoms with van der Waals surface area (Å²) in [6.45, 7) is 0. The van der Waals surface area contributed by atoms with E-state index >= 15 is 0 Å². The average Bonchev–Trinajstić information content (AvgIpc) is 2.71. The standard InChI is InChI=1S/C10H11NO2/c1-12-9-4-2-8(3-5-9)10-6-7-11-13-10/h2-5,7,10H,6H2,1H3/t10-/m0/s1. The molecular weight excluding hydrogens is 166 g/mol. The summed E-state index contributed by atoms with van der Waals surface area (Å²) < 4.78 is 5.06. The minimum absolute atomic E-state index is 0.0888. The third-order valence-electron chi connectivity index (χ3n) is 2.07. The second-order valence-electron chi connectivity index (χ2n) is 2.89. The molecule has 0 spiro atoms. The second-order valence-corrected chi connectivity index (χ2v) is 2.89. The van der Waals surface area contributed by atoms with Gasteiger partial charge in [-0.3, -0.25) is 0 Å². The van der Waals surface area contributed by atoms with Crippen molar-refractivity contribution in [3.05, 3.63) is 29.8 Å². The van der Waals surface area contributed by atoms with Crippen molar-refractivity contribution in [1.82, 2.24) is 0 Å². The van der Waals surface area contributed by atoms with Crippen LogP contribution in [-0.4, -0.2) is 13.3 Å². The molecule has 13 heavy (non-hydrogen) atoms. The van der Waals surface area contributed by atoms with E-state index in [1.54, 1.807) is 13.3 Å². The lowest BCUT2D eigenvalue weighted by Crippen LogP contribution is -1.95. The first-order chi connectivity index (χ1) is 6.40. The highest BCUT2D eigenvalue weighted by atomic mass is 16.6. The molecule has 0 bridgehead atoms. The second kappa shape index (κ2) is 3.47. The van der Waals surface area contributed by atoms with Crippen LogP contribution in [0.2, 0.25) is 0 Å². The first-order valence-corrected chi connectivity index (χ1v) is 4.22. The van der Waals surface area contributed by atoms with E-state index in [4.69, 9.17) is 9.57 Å². The van der Waals surface area contributed by atoms with E-state index in [-0.39, 0.29) is 6.10 Å². The monoisotopic (exact) mass is 177 g/mol. The van der Waals surface area contributed by atoms with E-state index in [0.29, 0.717) is 0 Å². The molecule has 2 rings (SSSR count). The summed E-state index contributed by atoms with van der Waals surface area (Å²) in [6, 6.07) is 7.85. The zero-order chi connectivity index (χ0) is 9.10. The van der Waals surface area contributed by atoms with Gasteiger partial charge in [-0.2, -0.15) is 0 Å². The van der Waals surface area contributed by atoms with Crippen LogP contribution >= 0.6 is 0 Å². The number of rotatable bonds is 2. The number of hydrogen-bond donors (Lipinski definition) is 0. The fourth-order valence-electron chi connectivity index (χ4n) is 1.31. The van der Waals surface area contributed by atoms with Gasteiger partial charge >= 0.3 is 0 Å². The van der Waals surface area contributed by atoms with Crippen molar-refractivity contribution in [3.8, 4) is 5.75 Å². The van der Waals surface area contributed by atoms with E-state index < -0.39 is 0 Å². The van der Waals surface area contributed by atoms with Gasteiger partial charge in [-0.15, -0.1) is 0 Å². The first-order valence-electron chi connectivity index (χ1n) is 4.22. The fourth-order valence-corrected chi connectivity index (χ4v) is 1.31. The zero-order valence-corrected chi connectivity index (χ0v) is 7.43. The molecule has 3 heteroatoms. The summed E-state index contributed by atoms with van der Waals surface area (Å²) in [5.41, 5.74) is 1.14. The Bertz CT molecular complexity index is 297. The molecule has 0 saturated heterocycles. The molecular formula is C10H11NO2. The maximum atomic E-state index is 5.14. The van der Waals surface area contributed by atoms with E-state index in [1.807, 2.05) is 24.3 Å². The van der Waals surface area contributed by atoms with Crippen molar-refractivity contribution < 1.29 is 9.57 Å². The number of nitrogens with zero attached hydrogens (tertiary/aromatic N) is 1. The Hall–Kier alpha value is -1.51. The van der Waals surface area contributed by atoms with Crippen LogP contribution in [0.4, 0.5) is 0 Å². The summed E-state index contributed by atoms with van der Waals surface area (Å²) in [4.78, 5) is 5.14. The molecule has 0 aliphatic carbocycles. The van der Waals surface area contributed by atoms with Crippen LogP contribution in [0.1, 0.15) is 18.1 Å². The van der Waals surface area contributed by atoms with Crippen LogP contribution < -0.4 is 4.74 Å². The van der Waals surface area contributed by atoms with Crippen molar-refractivity contribution in [2.24, 2.45) is 5.16 Å². The SMILES string of the molecule is COc1ccc([C@@H]2CC=NO2)cc1. The Balaban J connectivity index is 2.13. The van der Waals surface area contributed by atoms with Crippen LogP contribution in [0, 0.1) is 0 Å². The molecule has 3 nitrogen and oxygen atoms in total. The lowest BCUT2D eigenvalue weighted by molar-refractivity contribution is 0.0857. The topological polar surface area (TPSA) is 30.8 Å². The average molecular weight is 177 g/mol. The molecule has 1 aliphatic rings. The zero-order valence-electron chi connectivity index (χ0n) is 7.43. The molecule has 0 saturated carbocycles.